The van der Waals surface area contributed by atoms with Gasteiger partial charge in [0.15, 0.2) is 0 Å². The number of hydrogen-bond acceptors (Lipinski definition) is 4. The molecule has 0 radical (unpaired) electrons. The number of hydrogen-bond donors (Lipinski definition) is 1. The van der Waals surface area contributed by atoms with Crippen LogP contribution in [0.4, 0.5) is 5.69 Å². The monoisotopic (exact) mass is 259 g/mol. The predicted molar refractivity (Wildman–Crippen MR) is 71.4 cm³/mol. The summed E-state index contributed by atoms with van der Waals surface area (Å²) in [5, 5.41) is 2.08. The molecule has 0 aliphatic carbocycles. The lowest BCUT2D eigenvalue weighted by Crippen LogP contribution is -2.35. The molecule has 2 N–H and O–H groups in total. The molecule has 0 unspecified atom stereocenters. The van der Waals surface area contributed by atoms with Crippen molar-refractivity contribution >= 4 is 22.9 Å². The molecule has 1 aliphatic rings. The van der Waals surface area contributed by atoms with Gasteiger partial charge < -0.3 is 10.6 Å². The van der Waals surface area contributed by atoms with Crippen LogP contribution in [0.15, 0.2) is 29.8 Å². The molecular formula is C13H13N3OS. The first-order chi connectivity index (χ1) is 8.74. The molecule has 3 heterocycles. The van der Waals surface area contributed by atoms with E-state index >= 15 is 0 Å². The number of nitrogen functional groups attached to an aromatic ring is 1. The summed E-state index contributed by atoms with van der Waals surface area (Å²) >= 11 is 1.77. The van der Waals surface area contributed by atoms with E-state index < -0.39 is 0 Å². The number of thiophene rings is 1. The molecule has 1 aliphatic heterocycles. The van der Waals surface area contributed by atoms with Crippen molar-refractivity contribution in [1.82, 2.24) is 9.88 Å². The Morgan fingerprint density at radius 1 is 1.39 bits per heavy atom. The van der Waals surface area contributed by atoms with Crippen LogP contribution in [0.1, 0.15) is 20.9 Å². The summed E-state index contributed by atoms with van der Waals surface area (Å²) in [4.78, 5) is 19.6. The summed E-state index contributed by atoms with van der Waals surface area (Å²) in [6, 6.07) is 5.48. The summed E-state index contributed by atoms with van der Waals surface area (Å²) in [5.74, 6) is -0.0214. The average Bonchev–Trinajstić information content (AvgIpc) is 2.86. The Bertz CT molecular complexity index is 576. The number of carbonyl (C=O) groups is 1. The summed E-state index contributed by atoms with van der Waals surface area (Å²) in [6.07, 6.45) is 2.46. The first kappa shape index (κ1) is 11.2. The van der Waals surface area contributed by atoms with Crippen molar-refractivity contribution in [1.29, 1.82) is 0 Å². The van der Waals surface area contributed by atoms with Crippen molar-refractivity contribution in [3.05, 3.63) is 45.9 Å². The number of nitrogens with zero attached hydrogens (tertiary/aromatic N) is 2. The minimum absolute atomic E-state index is 0.0214. The number of carbonyl (C=O) groups excluding carboxylic acids is 1. The van der Waals surface area contributed by atoms with Crippen LogP contribution < -0.4 is 5.73 Å². The van der Waals surface area contributed by atoms with Crippen LogP contribution in [0.5, 0.6) is 0 Å². The second-order valence-electron chi connectivity index (χ2n) is 4.32. The fourth-order valence-electron chi connectivity index (χ4n) is 2.12. The Kier molecular flexibility index (Phi) is 2.76. The first-order valence-corrected chi connectivity index (χ1v) is 6.68. The molecule has 4 nitrogen and oxygen atoms in total. The zero-order valence-corrected chi connectivity index (χ0v) is 10.6. The highest BCUT2D eigenvalue weighted by Gasteiger charge is 2.22. The van der Waals surface area contributed by atoms with E-state index in [0.29, 0.717) is 17.9 Å². The fourth-order valence-corrected chi connectivity index (χ4v) is 3.01. The van der Waals surface area contributed by atoms with Crippen molar-refractivity contribution in [2.45, 2.75) is 13.0 Å². The van der Waals surface area contributed by atoms with E-state index in [1.807, 2.05) is 4.90 Å². The third-order valence-corrected chi connectivity index (χ3v) is 4.12. The summed E-state index contributed by atoms with van der Waals surface area (Å²) < 4.78 is 0. The third kappa shape index (κ3) is 1.97. The van der Waals surface area contributed by atoms with Gasteiger partial charge in [-0.2, -0.15) is 0 Å². The van der Waals surface area contributed by atoms with Crippen molar-refractivity contribution in [3.63, 3.8) is 0 Å². The van der Waals surface area contributed by atoms with Crippen LogP contribution in [0.25, 0.3) is 0 Å². The second kappa shape index (κ2) is 4.42. The topological polar surface area (TPSA) is 59.2 Å². The van der Waals surface area contributed by atoms with Crippen molar-refractivity contribution in [2.75, 3.05) is 12.3 Å². The maximum absolute atomic E-state index is 12.3. The molecular weight excluding hydrogens is 246 g/mol. The second-order valence-corrected chi connectivity index (χ2v) is 5.32. The van der Waals surface area contributed by atoms with Gasteiger partial charge in [-0.25, -0.2) is 4.98 Å². The quantitative estimate of drug-likeness (QED) is 0.851. The molecule has 0 spiro atoms. The van der Waals surface area contributed by atoms with Crippen LogP contribution in [-0.4, -0.2) is 22.3 Å². The van der Waals surface area contributed by atoms with Gasteiger partial charge >= 0.3 is 0 Å². The zero-order valence-electron chi connectivity index (χ0n) is 9.80. The number of fused-ring (bicyclic) bond motifs is 1. The van der Waals surface area contributed by atoms with Gasteiger partial charge in [-0.1, -0.05) is 0 Å². The summed E-state index contributed by atoms with van der Waals surface area (Å²) in [7, 11) is 0. The van der Waals surface area contributed by atoms with E-state index in [1.54, 1.807) is 23.5 Å². The van der Waals surface area contributed by atoms with Crippen LogP contribution in [0, 0.1) is 0 Å². The number of amides is 1. The minimum Gasteiger partial charge on any atom is -0.397 e. The molecule has 0 bridgehead atoms. The number of aromatic nitrogens is 1. The van der Waals surface area contributed by atoms with Crippen LogP contribution in [0.3, 0.4) is 0 Å². The molecule has 2 aromatic heterocycles. The molecule has 18 heavy (non-hydrogen) atoms. The van der Waals surface area contributed by atoms with Crippen molar-refractivity contribution in [3.8, 4) is 0 Å². The van der Waals surface area contributed by atoms with E-state index in [1.165, 1.54) is 16.6 Å². The van der Waals surface area contributed by atoms with Gasteiger partial charge in [0.2, 0.25) is 0 Å². The Labute approximate surface area is 109 Å². The maximum atomic E-state index is 12.3. The number of anilines is 1. The fraction of sp³-hybridized carbons (Fsp3) is 0.231. The Hall–Kier alpha value is -1.88. The van der Waals surface area contributed by atoms with Gasteiger partial charge in [0.25, 0.3) is 5.91 Å². The Morgan fingerprint density at radius 2 is 2.28 bits per heavy atom. The highest BCUT2D eigenvalue weighted by molar-refractivity contribution is 7.10. The number of rotatable bonds is 1. The highest BCUT2D eigenvalue weighted by Crippen LogP contribution is 2.24. The van der Waals surface area contributed by atoms with Gasteiger partial charge in [-0.3, -0.25) is 4.79 Å². The van der Waals surface area contributed by atoms with Crippen molar-refractivity contribution in [2.24, 2.45) is 0 Å². The van der Waals surface area contributed by atoms with Crippen LogP contribution in [0.2, 0.25) is 0 Å². The third-order valence-electron chi connectivity index (χ3n) is 3.10. The Morgan fingerprint density at radius 3 is 3.06 bits per heavy atom. The van der Waals surface area contributed by atoms with Gasteiger partial charge in [0, 0.05) is 18.0 Å². The molecule has 2 aromatic rings. The molecule has 3 rings (SSSR count). The zero-order chi connectivity index (χ0) is 12.5. The molecule has 0 atom stereocenters. The number of pyridine rings is 1. The SMILES string of the molecule is Nc1ccc(C(=O)N2CCc3sccc3C2)nc1. The van der Waals surface area contributed by atoms with E-state index in [-0.39, 0.29) is 5.91 Å². The predicted octanol–water partition coefficient (Wildman–Crippen LogP) is 1.92. The lowest BCUT2D eigenvalue weighted by molar-refractivity contribution is 0.0730. The van der Waals surface area contributed by atoms with Gasteiger partial charge in [0.1, 0.15) is 5.69 Å². The highest BCUT2D eigenvalue weighted by atomic mass is 32.1. The molecule has 0 saturated carbocycles. The normalized spacial score (nSPS) is 14.3. The largest absolute Gasteiger partial charge is 0.397 e. The smallest absolute Gasteiger partial charge is 0.272 e. The van der Waals surface area contributed by atoms with E-state index in [4.69, 9.17) is 5.73 Å². The molecule has 92 valence electrons. The molecule has 5 heteroatoms. The Balaban J connectivity index is 1.80. The van der Waals surface area contributed by atoms with Gasteiger partial charge in [-0.15, -0.1) is 11.3 Å². The maximum Gasteiger partial charge on any atom is 0.272 e. The van der Waals surface area contributed by atoms with E-state index in [9.17, 15) is 4.79 Å². The lowest BCUT2D eigenvalue weighted by atomic mass is 10.1. The van der Waals surface area contributed by atoms with E-state index in [2.05, 4.69) is 16.4 Å². The van der Waals surface area contributed by atoms with Crippen LogP contribution >= 0.6 is 11.3 Å². The molecule has 1 amide bonds. The van der Waals surface area contributed by atoms with Crippen LogP contribution in [-0.2, 0) is 13.0 Å². The molecule has 0 saturated heterocycles. The standard InChI is InChI=1S/C13H13N3OS/c14-10-1-2-11(15-7-10)13(17)16-5-3-12-9(8-16)4-6-18-12/h1-2,4,6-7H,3,5,8,14H2. The van der Waals surface area contributed by atoms with Crippen molar-refractivity contribution < 1.29 is 4.79 Å². The lowest BCUT2D eigenvalue weighted by Gasteiger charge is -2.26. The summed E-state index contributed by atoms with van der Waals surface area (Å²) in [5.41, 5.74) is 7.86. The minimum atomic E-state index is -0.0214. The number of nitrogens with two attached hydrogens (primary N) is 1. The molecule has 0 aromatic carbocycles. The van der Waals surface area contributed by atoms with Gasteiger partial charge in [0.05, 0.1) is 11.9 Å². The average molecular weight is 259 g/mol. The molecule has 0 fully saturated rings. The van der Waals surface area contributed by atoms with Gasteiger partial charge in [-0.05, 0) is 35.6 Å². The first-order valence-electron chi connectivity index (χ1n) is 5.80. The van der Waals surface area contributed by atoms with E-state index in [0.717, 1.165) is 13.0 Å². The summed E-state index contributed by atoms with van der Waals surface area (Å²) in [6.45, 7) is 1.45.